The summed E-state index contributed by atoms with van der Waals surface area (Å²) in [6.45, 7) is 3.77. The summed E-state index contributed by atoms with van der Waals surface area (Å²) in [6.07, 6.45) is 1.81. The van der Waals surface area contributed by atoms with Crippen LogP contribution < -0.4 is 4.90 Å². The molecule has 1 atom stereocenters. The molecule has 3 aromatic rings. The van der Waals surface area contributed by atoms with Crippen molar-refractivity contribution in [2.45, 2.75) is 20.1 Å². The Bertz CT molecular complexity index is 835. The Morgan fingerprint density at radius 3 is 2.48 bits per heavy atom. The Morgan fingerprint density at radius 2 is 1.74 bits per heavy atom. The minimum Gasteiger partial charge on any atom is -0.315 e. The Balaban J connectivity index is 1.78. The normalized spacial score (nSPS) is 12.3. The number of quaternary nitrogens is 1. The van der Waals surface area contributed by atoms with E-state index in [1.165, 1.54) is 16.0 Å². The van der Waals surface area contributed by atoms with Crippen molar-refractivity contribution in [2.75, 3.05) is 7.05 Å². The summed E-state index contributed by atoms with van der Waals surface area (Å²) in [6, 6.07) is 18.7. The summed E-state index contributed by atoms with van der Waals surface area (Å²) in [7, 11) is 2.15. The molecule has 1 heterocycles. The molecule has 1 unspecified atom stereocenters. The molecule has 0 saturated heterocycles. The predicted octanol–water partition coefficient (Wildman–Crippen LogP) is 2.38. The van der Waals surface area contributed by atoms with E-state index in [0.717, 1.165) is 23.7 Å². The van der Waals surface area contributed by atoms with Crippen molar-refractivity contribution in [1.82, 2.24) is 14.3 Å². The van der Waals surface area contributed by atoms with Gasteiger partial charge in [-0.15, -0.1) is 0 Å². The second-order valence-corrected chi connectivity index (χ2v) is 6.21. The first-order valence-electron chi connectivity index (χ1n) is 7.71. The van der Waals surface area contributed by atoms with Crippen molar-refractivity contribution >= 4 is 12.2 Å². The van der Waals surface area contributed by atoms with E-state index in [0.29, 0.717) is 0 Å². The molecule has 0 spiro atoms. The number of aryl methyl sites for hydroxylation is 1. The van der Waals surface area contributed by atoms with E-state index in [1.807, 2.05) is 27.4 Å². The monoisotopic (exact) mass is 325 g/mol. The van der Waals surface area contributed by atoms with Crippen LogP contribution in [0.5, 0.6) is 0 Å². The lowest BCUT2D eigenvalue weighted by Crippen LogP contribution is -3.07. The van der Waals surface area contributed by atoms with Gasteiger partial charge < -0.3 is 4.90 Å². The minimum atomic E-state index is 0.728. The van der Waals surface area contributed by atoms with Gasteiger partial charge in [-0.1, -0.05) is 48.5 Å². The molecular formula is C18H21N4S+. The van der Waals surface area contributed by atoms with E-state index in [9.17, 15) is 0 Å². The second-order valence-electron chi connectivity index (χ2n) is 5.85. The molecule has 118 valence electrons. The summed E-state index contributed by atoms with van der Waals surface area (Å²) in [5.41, 5.74) is 3.59. The third-order valence-corrected chi connectivity index (χ3v) is 4.28. The average Bonchev–Trinajstić information content (AvgIpc) is 2.90. The van der Waals surface area contributed by atoms with Crippen LogP contribution in [0.3, 0.4) is 0 Å². The van der Waals surface area contributed by atoms with Gasteiger partial charge in [0.05, 0.1) is 12.7 Å². The topological polar surface area (TPSA) is 27.2 Å². The Kier molecular flexibility index (Phi) is 4.69. The quantitative estimate of drug-likeness (QED) is 0.729. The predicted molar refractivity (Wildman–Crippen MR) is 94.2 cm³/mol. The minimum absolute atomic E-state index is 0.728. The summed E-state index contributed by atoms with van der Waals surface area (Å²) < 4.78 is 4.59. The van der Waals surface area contributed by atoms with E-state index < -0.39 is 0 Å². The van der Waals surface area contributed by atoms with Crippen LogP contribution in [0.2, 0.25) is 0 Å². The van der Waals surface area contributed by atoms with Crippen LogP contribution in [0.25, 0.3) is 5.69 Å². The molecule has 2 aromatic carbocycles. The molecule has 23 heavy (non-hydrogen) atoms. The number of nitrogens with one attached hydrogen (secondary N) is 1. The maximum Gasteiger partial charge on any atom is 0.207 e. The molecule has 1 N–H and O–H groups in total. The van der Waals surface area contributed by atoms with Gasteiger partial charge in [0, 0.05) is 5.56 Å². The van der Waals surface area contributed by atoms with Gasteiger partial charge in [-0.2, -0.15) is 9.78 Å². The van der Waals surface area contributed by atoms with Gasteiger partial charge in [0.25, 0.3) is 0 Å². The molecule has 0 aliphatic carbocycles. The van der Waals surface area contributed by atoms with Crippen LogP contribution in [0.4, 0.5) is 0 Å². The van der Waals surface area contributed by atoms with Gasteiger partial charge in [-0.3, -0.25) is 4.57 Å². The van der Waals surface area contributed by atoms with Gasteiger partial charge in [0.1, 0.15) is 12.9 Å². The maximum atomic E-state index is 5.60. The smallest absolute Gasteiger partial charge is 0.207 e. The summed E-state index contributed by atoms with van der Waals surface area (Å²) in [4.78, 5) is 1.34. The van der Waals surface area contributed by atoms with Crippen molar-refractivity contribution in [1.29, 1.82) is 0 Å². The van der Waals surface area contributed by atoms with Crippen molar-refractivity contribution < 1.29 is 4.90 Å². The highest BCUT2D eigenvalue weighted by Gasteiger charge is 2.10. The number of hydrogen-bond donors (Lipinski definition) is 1. The van der Waals surface area contributed by atoms with E-state index in [1.54, 1.807) is 6.33 Å². The molecule has 5 heteroatoms. The first-order valence-corrected chi connectivity index (χ1v) is 8.11. The van der Waals surface area contributed by atoms with Gasteiger partial charge >= 0.3 is 0 Å². The maximum absolute atomic E-state index is 5.60. The third-order valence-electron chi connectivity index (χ3n) is 3.88. The SMILES string of the molecule is Cc1ccccc1-n1cnn(C[NH+](C)Cc2ccccc2)c1=S. The number of para-hydroxylation sites is 1. The molecule has 0 bridgehead atoms. The van der Waals surface area contributed by atoms with Crippen LogP contribution in [-0.4, -0.2) is 21.4 Å². The summed E-state index contributed by atoms with van der Waals surface area (Å²) in [5.74, 6) is 0. The molecule has 0 amide bonds. The van der Waals surface area contributed by atoms with Crippen LogP contribution >= 0.6 is 12.2 Å². The fourth-order valence-electron chi connectivity index (χ4n) is 2.70. The van der Waals surface area contributed by atoms with E-state index in [2.05, 4.69) is 55.5 Å². The fourth-order valence-corrected chi connectivity index (χ4v) is 2.96. The van der Waals surface area contributed by atoms with Crippen molar-refractivity contribution in [2.24, 2.45) is 0 Å². The standard InChI is InChI=1S/C18H20N4S/c1-15-8-6-7-11-17(15)21-13-19-22(18(21)23)14-20(2)12-16-9-4-3-5-10-16/h3-11,13H,12,14H2,1-2H3/p+1. The number of aromatic nitrogens is 3. The number of nitrogens with zero attached hydrogens (tertiary/aromatic N) is 3. The van der Waals surface area contributed by atoms with E-state index in [-0.39, 0.29) is 0 Å². The first kappa shape index (κ1) is 15.6. The largest absolute Gasteiger partial charge is 0.315 e. The number of rotatable bonds is 5. The van der Waals surface area contributed by atoms with Crippen molar-refractivity contribution in [3.05, 3.63) is 76.8 Å². The summed E-state index contributed by atoms with van der Waals surface area (Å²) in [5, 5.41) is 4.47. The van der Waals surface area contributed by atoms with Gasteiger partial charge in [0.2, 0.25) is 4.77 Å². The highest BCUT2D eigenvalue weighted by molar-refractivity contribution is 7.71. The molecular weight excluding hydrogens is 304 g/mol. The molecule has 1 aromatic heterocycles. The fraction of sp³-hybridized carbons (Fsp3) is 0.222. The molecule has 4 nitrogen and oxygen atoms in total. The lowest BCUT2D eigenvalue weighted by atomic mass is 10.2. The van der Waals surface area contributed by atoms with Crippen molar-refractivity contribution in [3.8, 4) is 5.69 Å². The van der Waals surface area contributed by atoms with Crippen LogP contribution in [0.15, 0.2) is 60.9 Å². The molecule has 0 saturated carbocycles. The Labute approximate surface area is 141 Å². The van der Waals surface area contributed by atoms with Gasteiger partial charge in [-0.25, -0.2) is 0 Å². The average molecular weight is 325 g/mol. The zero-order valence-electron chi connectivity index (χ0n) is 13.4. The zero-order valence-corrected chi connectivity index (χ0v) is 14.3. The van der Waals surface area contributed by atoms with Gasteiger partial charge in [-0.05, 0) is 30.8 Å². The highest BCUT2D eigenvalue weighted by atomic mass is 32.1. The third kappa shape index (κ3) is 3.57. The zero-order chi connectivity index (χ0) is 16.2. The lowest BCUT2D eigenvalue weighted by molar-refractivity contribution is -0.917. The molecule has 0 radical (unpaired) electrons. The van der Waals surface area contributed by atoms with Crippen LogP contribution in [-0.2, 0) is 13.2 Å². The van der Waals surface area contributed by atoms with Gasteiger partial charge in [0.15, 0.2) is 6.67 Å². The summed E-state index contributed by atoms with van der Waals surface area (Å²) >= 11 is 5.60. The molecule has 3 rings (SSSR count). The first-order chi connectivity index (χ1) is 11.1. The number of hydrogen-bond acceptors (Lipinski definition) is 2. The van der Waals surface area contributed by atoms with Crippen LogP contribution in [0, 0.1) is 11.7 Å². The molecule has 0 aliphatic heterocycles. The lowest BCUT2D eigenvalue weighted by Gasteiger charge is -2.13. The second kappa shape index (κ2) is 6.89. The highest BCUT2D eigenvalue weighted by Crippen LogP contribution is 2.13. The Morgan fingerprint density at radius 1 is 1.04 bits per heavy atom. The Hall–Kier alpha value is -2.24. The van der Waals surface area contributed by atoms with E-state index >= 15 is 0 Å². The molecule has 0 fully saturated rings. The molecule has 0 aliphatic rings. The van der Waals surface area contributed by atoms with Crippen molar-refractivity contribution in [3.63, 3.8) is 0 Å². The van der Waals surface area contributed by atoms with Crippen LogP contribution in [0.1, 0.15) is 11.1 Å². The number of benzene rings is 2. The van der Waals surface area contributed by atoms with E-state index in [4.69, 9.17) is 12.2 Å².